The van der Waals surface area contributed by atoms with Crippen molar-refractivity contribution in [3.8, 4) is 5.75 Å². The molecule has 18 heavy (non-hydrogen) atoms. The van der Waals surface area contributed by atoms with Crippen molar-refractivity contribution in [2.45, 2.75) is 13.3 Å². The summed E-state index contributed by atoms with van der Waals surface area (Å²) in [6.07, 6.45) is 0.942. The first kappa shape index (κ1) is 11.5. The van der Waals surface area contributed by atoms with E-state index in [4.69, 9.17) is 4.74 Å². The standard InChI is InChI=1S/C14H18N2O2/c1-10-2-3-12-13(8-10)18-7-6-16(12)14(17)11-4-5-15-9-11/h2-3,8,11,15H,4-7,9H2,1H3. The van der Waals surface area contributed by atoms with Gasteiger partial charge in [-0.3, -0.25) is 4.79 Å². The summed E-state index contributed by atoms with van der Waals surface area (Å²) in [6.45, 7) is 5.03. The van der Waals surface area contributed by atoms with Crippen LogP contribution in [0.5, 0.6) is 5.75 Å². The molecule has 1 N–H and O–H groups in total. The minimum absolute atomic E-state index is 0.122. The fourth-order valence-electron chi connectivity index (χ4n) is 2.64. The highest BCUT2D eigenvalue weighted by Crippen LogP contribution is 2.33. The number of carbonyl (C=O) groups is 1. The molecule has 2 heterocycles. The number of hydrogen-bond donors (Lipinski definition) is 1. The fourth-order valence-corrected chi connectivity index (χ4v) is 2.64. The van der Waals surface area contributed by atoms with Gasteiger partial charge in [0.25, 0.3) is 0 Å². The zero-order valence-corrected chi connectivity index (χ0v) is 10.6. The predicted molar refractivity (Wildman–Crippen MR) is 70.0 cm³/mol. The lowest BCUT2D eigenvalue weighted by atomic mass is 10.1. The number of benzene rings is 1. The molecule has 0 aromatic heterocycles. The number of anilines is 1. The molecule has 0 aliphatic carbocycles. The van der Waals surface area contributed by atoms with Crippen molar-refractivity contribution in [2.75, 3.05) is 31.1 Å². The lowest BCUT2D eigenvalue weighted by Crippen LogP contribution is -2.42. The van der Waals surface area contributed by atoms with Crippen molar-refractivity contribution in [1.82, 2.24) is 5.32 Å². The van der Waals surface area contributed by atoms with Crippen LogP contribution in [-0.2, 0) is 4.79 Å². The molecular formula is C14H18N2O2. The minimum atomic E-state index is 0.122. The Morgan fingerprint density at radius 2 is 2.39 bits per heavy atom. The first-order valence-corrected chi connectivity index (χ1v) is 6.51. The third-order valence-corrected chi connectivity index (χ3v) is 3.65. The Labute approximate surface area is 107 Å². The van der Waals surface area contributed by atoms with E-state index in [2.05, 4.69) is 5.32 Å². The zero-order valence-electron chi connectivity index (χ0n) is 10.6. The van der Waals surface area contributed by atoms with Crippen LogP contribution in [-0.4, -0.2) is 32.1 Å². The molecule has 1 aromatic rings. The summed E-state index contributed by atoms with van der Waals surface area (Å²) in [5.74, 6) is 1.19. The minimum Gasteiger partial charge on any atom is -0.490 e. The first-order chi connectivity index (χ1) is 8.75. The summed E-state index contributed by atoms with van der Waals surface area (Å²) in [4.78, 5) is 14.4. The Bertz CT molecular complexity index is 467. The smallest absolute Gasteiger partial charge is 0.231 e. The second-order valence-electron chi connectivity index (χ2n) is 5.00. The Kier molecular flexibility index (Phi) is 2.96. The van der Waals surface area contributed by atoms with Gasteiger partial charge in [-0.1, -0.05) is 6.07 Å². The number of carbonyl (C=O) groups excluding carboxylic acids is 1. The molecule has 4 heteroatoms. The molecule has 3 rings (SSSR count). The van der Waals surface area contributed by atoms with Gasteiger partial charge in [0.1, 0.15) is 12.4 Å². The van der Waals surface area contributed by atoms with Gasteiger partial charge in [-0.15, -0.1) is 0 Å². The second-order valence-corrected chi connectivity index (χ2v) is 5.00. The number of aryl methyl sites for hydroxylation is 1. The molecule has 1 fully saturated rings. The van der Waals surface area contributed by atoms with Crippen LogP contribution >= 0.6 is 0 Å². The summed E-state index contributed by atoms with van der Waals surface area (Å²) < 4.78 is 5.64. The average molecular weight is 246 g/mol. The van der Waals surface area contributed by atoms with Crippen LogP contribution in [0.3, 0.4) is 0 Å². The number of nitrogens with zero attached hydrogens (tertiary/aromatic N) is 1. The van der Waals surface area contributed by atoms with E-state index in [0.29, 0.717) is 13.2 Å². The number of hydrogen-bond acceptors (Lipinski definition) is 3. The molecule has 0 radical (unpaired) electrons. The van der Waals surface area contributed by atoms with E-state index in [1.54, 1.807) is 0 Å². The van der Waals surface area contributed by atoms with Gasteiger partial charge in [-0.05, 0) is 37.6 Å². The van der Waals surface area contributed by atoms with Crippen LogP contribution in [0.25, 0.3) is 0 Å². The summed E-state index contributed by atoms with van der Waals surface area (Å²) in [5, 5.41) is 3.25. The quantitative estimate of drug-likeness (QED) is 0.813. The molecular weight excluding hydrogens is 228 g/mol. The van der Waals surface area contributed by atoms with Crippen LogP contribution in [0.2, 0.25) is 0 Å². The van der Waals surface area contributed by atoms with Crippen molar-refractivity contribution in [3.05, 3.63) is 23.8 Å². The van der Waals surface area contributed by atoms with E-state index in [-0.39, 0.29) is 11.8 Å². The van der Waals surface area contributed by atoms with E-state index in [1.165, 1.54) is 0 Å². The first-order valence-electron chi connectivity index (χ1n) is 6.51. The Balaban J connectivity index is 1.88. The van der Waals surface area contributed by atoms with Crippen molar-refractivity contribution in [2.24, 2.45) is 5.92 Å². The van der Waals surface area contributed by atoms with E-state index in [1.807, 2.05) is 30.0 Å². The number of amides is 1. The third-order valence-electron chi connectivity index (χ3n) is 3.65. The van der Waals surface area contributed by atoms with Crippen molar-refractivity contribution < 1.29 is 9.53 Å². The molecule has 1 aromatic carbocycles. The Morgan fingerprint density at radius 3 is 3.17 bits per heavy atom. The molecule has 1 saturated heterocycles. The zero-order chi connectivity index (χ0) is 12.5. The van der Waals surface area contributed by atoms with Crippen molar-refractivity contribution in [1.29, 1.82) is 0 Å². The molecule has 2 aliphatic rings. The third kappa shape index (κ3) is 1.97. The molecule has 1 unspecified atom stereocenters. The lowest BCUT2D eigenvalue weighted by molar-refractivity contribution is -0.122. The van der Waals surface area contributed by atoms with E-state index in [9.17, 15) is 4.79 Å². The summed E-state index contributed by atoms with van der Waals surface area (Å²) >= 11 is 0. The molecule has 0 spiro atoms. The van der Waals surface area contributed by atoms with E-state index in [0.717, 1.165) is 36.5 Å². The maximum atomic E-state index is 12.5. The van der Waals surface area contributed by atoms with Crippen molar-refractivity contribution in [3.63, 3.8) is 0 Å². The number of nitrogens with one attached hydrogen (secondary N) is 1. The predicted octanol–water partition coefficient (Wildman–Crippen LogP) is 1.33. The van der Waals surface area contributed by atoms with Gasteiger partial charge < -0.3 is 15.0 Å². The summed E-state index contributed by atoms with van der Waals surface area (Å²) in [7, 11) is 0. The van der Waals surface area contributed by atoms with E-state index < -0.39 is 0 Å². The highest BCUT2D eigenvalue weighted by atomic mass is 16.5. The van der Waals surface area contributed by atoms with Gasteiger partial charge in [-0.25, -0.2) is 0 Å². The molecule has 1 atom stereocenters. The Hall–Kier alpha value is -1.55. The van der Waals surface area contributed by atoms with Gasteiger partial charge in [-0.2, -0.15) is 0 Å². The Morgan fingerprint density at radius 1 is 1.50 bits per heavy atom. The number of fused-ring (bicyclic) bond motifs is 1. The molecule has 4 nitrogen and oxygen atoms in total. The van der Waals surface area contributed by atoms with Crippen LogP contribution in [0.1, 0.15) is 12.0 Å². The van der Waals surface area contributed by atoms with Gasteiger partial charge in [0.15, 0.2) is 0 Å². The molecule has 0 saturated carbocycles. The molecule has 1 amide bonds. The topological polar surface area (TPSA) is 41.6 Å². The highest BCUT2D eigenvalue weighted by molar-refractivity contribution is 5.97. The average Bonchev–Trinajstić information content (AvgIpc) is 2.90. The van der Waals surface area contributed by atoms with Crippen LogP contribution in [0, 0.1) is 12.8 Å². The maximum Gasteiger partial charge on any atom is 0.231 e. The monoisotopic (exact) mass is 246 g/mol. The fraction of sp³-hybridized carbons (Fsp3) is 0.500. The summed E-state index contributed by atoms with van der Waals surface area (Å²) in [6, 6.07) is 6.02. The second kappa shape index (κ2) is 4.61. The van der Waals surface area contributed by atoms with Gasteiger partial charge in [0, 0.05) is 6.54 Å². The largest absolute Gasteiger partial charge is 0.490 e. The van der Waals surface area contributed by atoms with Crippen LogP contribution in [0.4, 0.5) is 5.69 Å². The lowest BCUT2D eigenvalue weighted by Gasteiger charge is -2.31. The molecule has 2 aliphatic heterocycles. The van der Waals surface area contributed by atoms with Gasteiger partial charge in [0.2, 0.25) is 5.91 Å². The van der Waals surface area contributed by atoms with Crippen LogP contribution in [0.15, 0.2) is 18.2 Å². The van der Waals surface area contributed by atoms with E-state index >= 15 is 0 Å². The number of rotatable bonds is 1. The van der Waals surface area contributed by atoms with Gasteiger partial charge in [0.05, 0.1) is 18.2 Å². The van der Waals surface area contributed by atoms with Gasteiger partial charge >= 0.3 is 0 Å². The number of ether oxygens (including phenoxy) is 1. The SMILES string of the molecule is Cc1ccc2c(c1)OCCN2C(=O)C1CCNC1. The maximum absolute atomic E-state index is 12.5. The summed E-state index contributed by atoms with van der Waals surface area (Å²) in [5.41, 5.74) is 2.08. The highest BCUT2D eigenvalue weighted by Gasteiger charge is 2.31. The van der Waals surface area contributed by atoms with Crippen molar-refractivity contribution >= 4 is 11.6 Å². The van der Waals surface area contributed by atoms with Crippen LogP contribution < -0.4 is 15.0 Å². The molecule has 96 valence electrons. The normalized spacial score (nSPS) is 22.5. The molecule has 0 bridgehead atoms.